The minimum Gasteiger partial charge on any atom is -0.354 e. The molecule has 1 saturated heterocycles. The number of sulfonamides is 1. The molecule has 1 amide bonds. The molecule has 1 aliphatic rings. The number of aromatic nitrogens is 1. The van der Waals surface area contributed by atoms with E-state index in [0.717, 1.165) is 0 Å². The van der Waals surface area contributed by atoms with E-state index in [1.54, 1.807) is 7.05 Å². The zero-order valence-electron chi connectivity index (χ0n) is 11.4. The second kappa shape index (κ2) is 6.57. The first-order chi connectivity index (χ1) is 8.96. The first-order valence-corrected chi connectivity index (χ1v) is 7.50. The zero-order valence-corrected chi connectivity index (χ0v) is 13.1. The van der Waals surface area contributed by atoms with Crippen LogP contribution in [0.15, 0.2) is 17.2 Å². The van der Waals surface area contributed by atoms with Crippen molar-refractivity contribution in [3.8, 4) is 0 Å². The lowest BCUT2D eigenvalue weighted by molar-refractivity contribution is 0.0955. The minimum absolute atomic E-state index is 0. The van der Waals surface area contributed by atoms with E-state index in [1.165, 1.54) is 28.2 Å². The number of aryl methyl sites for hydroxylation is 1. The van der Waals surface area contributed by atoms with Crippen LogP contribution in [0.3, 0.4) is 0 Å². The number of halogens is 1. The summed E-state index contributed by atoms with van der Waals surface area (Å²) in [7, 11) is -0.345. The summed E-state index contributed by atoms with van der Waals surface area (Å²) in [6.45, 7) is 2.20. The van der Waals surface area contributed by atoms with Crippen LogP contribution in [-0.2, 0) is 17.1 Å². The van der Waals surface area contributed by atoms with Gasteiger partial charge in [-0.1, -0.05) is 0 Å². The highest BCUT2D eigenvalue weighted by Gasteiger charge is 2.28. The molecule has 2 rings (SSSR count). The van der Waals surface area contributed by atoms with E-state index < -0.39 is 10.0 Å². The molecule has 114 valence electrons. The van der Waals surface area contributed by atoms with Gasteiger partial charge in [0.25, 0.3) is 5.91 Å². The number of rotatable bonds is 3. The fraction of sp³-hybridized carbons (Fsp3) is 0.545. The number of carbonyl (C=O) groups is 1. The van der Waals surface area contributed by atoms with E-state index in [4.69, 9.17) is 0 Å². The Labute approximate surface area is 124 Å². The number of piperazine rings is 1. The van der Waals surface area contributed by atoms with Gasteiger partial charge in [-0.2, -0.15) is 4.31 Å². The molecule has 0 aromatic carbocycles. The quantitative estimate of drug-likeness (QED) is 0.778. The molecule has 1 fully saturated rings. The maximum absolute atomic E-state index is 12.4. The molecule has 0 atom stereocenters. The molecule has 2 heterocycles. The fourth-order valence-electron chi connectivity index (χ4n) is 2.06. The number of hydrogen-bond donors (Lipinski definition) is 2. The van der Waals surface area contributed by atoms with Gasteiger partial charge in [0, 0.05) is 46.5 Å². The third kappa shape index (κ3) is 3.14. The van der Waals surface area contributed by atoms with Gasteiger partial charge in [-0.05, 0) is 6.07 Å². The maximum atomic E-state index is 12.4. The van der Waals surface area contributed by atoms with Gasteiger partial charge in [-0.25, -0.2) is 8.42 Å². The highest BCUT2D eigenvalue weighted by molar-refractivity contribution is 7.89. The van der Waals surface area contributed by atoms with Gasteiger partial charge >= 0.3 is 0 Å². The third-order valence-electron chi connectivity index (χ3n) is 3.15. The SMILES string of the molecule is CNC(=O)c1cc(S(=O)(=O)N2CCNCC2)cn1C.Cl. The molecule has 0 spiro atoms. The van der Waals surface area contributed by atoms with Crippen LogP contribution in [0.1, 0.15) is 10.5 Å². The smallest absolute Gasteiger partial charge is 0.267 e. The van der Waals surface area contributed by atoms with Gasteiger partial charge < -0.3 is 15.2 Å². The van der Waals surface area contributed by atoms with Crippen molar-refractivity contribution in [2.24, 2.45) is 7.05 Å². The van der Waals surface area contributed by atoms with Crippen molar-refractivity contribution in [3.05, 3.63) is 18.0 Å². The van der Waals surface area contributed by atoms with E-state index in [2.05, 4.69) is 10.6 Å². The van der Waals surface area contributed by atoms with E-state index >= 15 is 0 Å². The van der Waals surface area contributed by atoms with E-state index in [9.17, 15) is 13.2 Å². The molecule has 0 unspecified atom stereocenters. The molecule has 20 heavy (non-hydrogen) atoms. The molecule has 1 aromatic heterocycles. The molecule has 0 saturated carbocycles. The molecule has 2 N–H and O–H groups in total. The number of nitrogens with zero attached hydrogens (tertiary/aromatic N) is 2. The summed E-state index contributed by atoms with van der Waals surface area (Å²) in [4.78, 5) is 11.8. The van der Waals surface area contributed by atoms with Crippen LogP contribution in [0.5, 0.6) is 0 Å². The van der Waals surface area contributed by atoms with Crippen LogP contribution >= 0.6 is 12.4 Å². The lowest BCUT2D eigenvalue weighted by Crippen LogP contribution is -2.46. The van der Waals surface area contributed by atoms with Crippen LogP contribution in [0.25, 0.3) is 0 Å². The number of hydrogen-bond acceptors (Lipinski definition) is 4. The molecular weight excluding hydrogens is 304 g/mol. The average molecular weight is 323 g/mol. The predicted octanol–water partition coefficient (Wildman–Crippen LogP) is -0.600. The first kappa shape index (κ1) is 17.0. The minimum atomic E-state index is -3.51. The fourth-order valence-corrected chi connectivity index (χ4v) is 3.58. The number of amides is 1. The zero-order chi connectivity index (χ0) is 14.0. The van der Waals surface area contributed by atoms with Gasteiger partial charge in [-0.3, -0.25) is 4.79 Å². The lowest BCUT2D eigenvalue weighted by atomic mass is 10.4. The van der Waals surface area contributed by atoms with Crippen molar-refractivity contribution in [3.63, 3.8) is 0 Å². The van der Waals surface area contributed by atoms with Crippen molar-refractivity contribution in [1.82, 2.24) is 19.5 Å². The summed E-state index contributed by atoms with van der Waals surface area (Å²) >= 11 is 0. The predicted molar refractivity (Wildman–Crippen MR) is 77.7 cm³/mol. The standard InChI is InChI=1S/C11H18N4O3S.ClH/c1-12-11(16)10-7-9(8-14(10)2)19(17,18)15-5-3-13-4-6-15;/h7-8,13H,3-6H2,1-2H3,(H,12,16);1H. The van der Waals surface area contributed by atoms with Crippen molar-refractivity contribution >= 4 is 28.3 Å². The number of nitrogens with one attached hydrogen (secondary N) is 2. The Kier molecular flexibility index (Phi) is 5.58. The molecule has 1 aliphatic heterocycles. The molecule has 9 heteroatoms. The highest BCUT2D eigenvalue weighted by atomic mass is 35.5. The van der Waals surface area contributed by atoms with Crippen molar-refractivity contribution in [2.45, 2.75) is 4.90 Å². The molecular formula is C11H19ClN4O3S. The monoisotopic (exact) mass is 322 g/mol. The maximum Gasteiger partial charge on any atom is 0.267 e. The molecule has 0 aliphatic carbocycles. The molecule has 0 bridgehead atoms. The second-order valence-electron chi connectivity index (χ2n) is 4.41. The van der Waals surface area contributed by atoms with Crippen LogP contribution in [0.4, 0.5) is 0 Å². The van der Waals surface area contributed by atoms with Crippen molar-refractivity contribution in [2.75, 3.05) is 33.2 Å². The Bertz CT molecular complexity index is 578. The Morgan fingerprint density at radius 2 is 1.95 bits per heavy atom. The van der Waals surface area contributed by atoms with Crippen molar-refractivity contribution < 1.29 is 13.2 Å². The summed E-state index contributed by atoms with van der Waals surface area (Å²) in [6, 6.07) is 1.41. The van der Waals surface area contributed by atoms with E-state index in [0.29, 0.717) is 31.9 Å². The summed E-state index contributed by atoms with van der Waals surface area (Å²) in [5, 5.41) is 5.60. The molecule has 1 aromatic rings. The van der Waals surface area contributed by atoms with E-state index in [-0.39, 0.29) is 23.2 Å². The average Bonchev–Trinajstić information content (AvgIpc) is 2.81. The molecule has 7 nitrogen and oxygen atoms in total. The lowest BCUT2D eigenvalue weighted by Gasteiger charge is -2.26. The normalized spacial score (nSPS) is 16.5. The Morgan fingerprint density at radius 3 is 2.50 bits per heavy atom. The first-order valence-electron chi connectivity index (χ1n) is 6.06. The summed E-state index contributed by atoms with van der Waals surface area (Å²) < 4.78 is 27.8. The van der Waals surface area contributed by atoms with Gasteiger partial charge in [-0.15, -0.1) is 12.4 Å². The Hall–Kier alpha value is -1.09. The Balaban J connectivity index is 0.00000200. The van der Waals surface area contributed by atoms with Gasteiger partial charge in [0.1, 0.15) is 10.6 Å². The van der Waals surface area contributed by atoms with Crippen LogP contribution in [0, 0.1) is 0 Å². The second-order valence-corrected chi connectivity index (χ2v) is 6.34. The van der Waals surface area contributed by atoms with E-state index in [1.807, 2.05) is 0 Å². The van der Waals surface area contributed by atoms with Crippen molar-refractivity contribution in [1.29, 1.82) is 0 Å². The third-order valence-corrected chi connectivity index (χ3v) is 5.02. The Morgan fingerprint density at radius 1 is 1.35 bits per heavy atom. The summed E-state index contributed by atoms with van der Waals surface area (Å²) in [6.07, 6.45) is 1.47. The highest BCUT2D eigenvalue weighted by Crippen LogP contribution is 2.18. The van der Waals surface area contributed by atoms with Crippen LogP contribution < -0.4 is 10.6 Å². The van der Waals surface area contributed by atoms with Gasteiger partial charge in [0.15, 0.2) is 0 Å². The van der Waals surface area contributed by atoms with Gasteiger partial charge in [0.2, 0.25) is 10.0 Å². The summed E-state index contributed by atoms with van der Waals surface area (Å²) in [5.74, 6) is -0.302. The topological polar surface area (TPSA) is 83.4 Å². The van der Waals surface area contributed by atoms with Crippen LogP contribution in [0.2, 0.25) is 0 Å². The largest absolute Gasteiger partial charge is 0.354 e. The summed E-state index contributed by atoms with van der Waals surface area (Å²) in [5.41, 5.74) is 0.330. The number of carbonyl (C=O) groups excluding carboxylic acids is 1. The van der Waals surface area contributed by atoms with Crippen LogP contribution in [-0.4, -0.2) is 56.4 Å². The molecule has 0 radical (unpaired) electrons. The van der Waals surface area contributed by atoms with Gasteiger partial charge in [0.05, 0.1) is 0 Å².